The summed E-state index contributed by atoms with van der Waals surface area (Å²) >= 11 is 3.45. The third-order valence-corrected chi connectivity index (χ3v) is 9.39. The number of amides is 1. The molecule has 2 aromatic rings. The van der Waals surface area contributed by atoms with E-state index in [2.05, 4.69) is 71.2 Å². The maximum absolute atomic E-state index is 13.0. The van der Waals surface area contributed by atoms with E-state index >= 15 is 0 Å². The van der Waals surface area contributed by atoms with Gasteiger partial charge in [-0.2, -0.15) is 5.10 Å². The number of halogens is 1. The van der Waals surface area contributed by atoms with Gasteiger partial charge in [-0.3, -0.25) is 9.59 Å². The Labute approximate surface area is 221 Å². The van der Waals surface area contributed by atoms with Crippen LogP contribution in [0.1, 0.15) is 41.0 Å². The Morgan fingerprint density at radius 2 is 1.83 bits per heavy atom. The molecule has 2 aliphatic rings. The molecule has 1 aliphatic carbocycles. The van der Waals surface area contributed by atoms with Gasteiger partial charge in [0.05, 0.1) is 25.1 Å². The van der Waals surface area contributed by atoms with Crippen molar-refractivity contribution in [3.8, 4) is 0 Å². The molecule has 8 nitrogen and oxygen atoms in total. The Kier molecular flexibility index (Phi) is 8.09. The summed E-state index contributed by atoms with van der Waals surface area (Å²) in [5.74, 6) is 1.24. The number of carbonyl (C=O) groups excluding carboxylic acids is 1. The zero-order chi connectivity index (χ0) is 26.0. The number of benzene rings is 1. The maximum Gasteiger partial charge on any atom is 0.283 e. The molecule has 9 heteroatoms. The Morgan fingerprint density at radius 3 is 2.50 bits per heavy atom. The Hall–Kier alpha value is -2.39. The third-order valence-electron chi connectivity index (χ3n) is 8.62. The molecule has 1 aliphatic heterocycles. The van der Waals surface area contributed by atoms with E-state index in [0.717, 1.165) is 38.4 Å². The number of anilines is 3. The fourth-order valence-corrected chi connectivity index (χ4v) is 5.78. The maximum atomic E-state index is 13.0. The number of aromatic nitrogens is 2. The van der Waals surface area contributed by atoms with Crippen LogP contribution < -0.4 is 21.1 Å². The van der Waals surface area contributed by atoms with E-state index < -0.39 is 0 Å². The molecule has 2 heterocycles. The van der Waals surface area contributed by atoms with E-state index in [1.165, 1.54) is 4.68 Å². The molecule has 0 radical (unpaired) electrons. The van der Waals surface area contributed by atoms with Crippen molar-refractivity contribution in [1.29, 1.82) is 0 Å². The summed E-state index contributed by atoms with van der Waals surface area (Å²) in [4.78, 5) is 27.9. The van der Waals surface area contributed by atoms with Crippen LogP contribution in [0.5, 0.6) is 0 Å². The highest BCUT2D eigenvalue weighted by Gasteiger charge is 2.43. The molecule has 1 amide bonds. The van der Waals surface area contributed by atoms with Gasteiger partial charge in [-0.25, -0.2) is 4.68 Å². The van der Waals surface area contributed by atoms with Gasteiger partial charge in [0.1, 0.15) is 11.0 Å². The summed E-state index contributed by atoms with van der Waals surface area (Å²) in [6, 6.07) is 7.96. The molecule has 2 fully saturated rings. The van der Waals surface area contributed by atoms with Crippen LogP contribution in [0.3, 0.4) is 0 Å². The molecule has 1 saturated heterocycles. The molecule has 36 heavy (non-hydrogen) atoms. The lowest BCUT2D eigenvalue weighted by Crippen LogP contribution is -2.48. The monoisotopic (exact) mass is 559 g/mol. The largest absolute Gasteiger partial charge is 0.380 e. The van der Waals surface area contributed by atoms with E-state index in [1.807, 2.05) is 24.3 Å². The van der Waals surface area contributed by atoms with Crippen LogP contribution in [-0.2, 0) is 16.1 Å². The first-order valence-electron chi connectivity index (χ1n) is 12.8. The molecule has 0 unspecified atom stereocenters. The molecule has 4 rings (SSSR count). The number of morpholine rings is 1. The predicted octanol–water partition coefficient (Wildman–Crippen LogP) is 4.60. The molecule has 1 aromatic heterocycles. The average Bonchev–Trinajstić information content (AvgIpc) is 2.87. The molecule has 2 N–H and O–H groups in total. The van der Waals surface area contributed by atoms with Crippen molar-refractivity contribution < 1.29 is 9.53 Å². The highest BCUT2D eigenvalue weighted by molar-refractivity contribution is 9.10. The third kappa shape index (κ3) is 5.62. The second-order valence-electron chi connectivity index (χ2n) is 10.9. The van der Waals surface area contributed by atoms with Gasteiger partial charge < -0.3 is 20.3 Å². The number of hydrogen-bond acceptors (Lipinski definition) is 6. The van der Waals surface area contributed by atoms with Crippen LogP contribution in [0.4, 0.5) is 17.1 Å². The molecule has 1 aromatic carbocycles. The number of rotatable bonds is 6. The first-order chi connectivity index (χ1) is 17.1. The summed E-state index contributed by atoms with van der Waals surface area (Å²) in [6.45, 7) is 14.6. The van der Waals surface area contributed by atoms with Crippen molar-refractivity contribution in [2.45, 2.75) is 53.6 Å². The fourth-order valence-electron chi connectivity index (χ4n) is 5.36. The van der Waals surface area contributed by atoms with Gasteiger partial charge in [0.25, 0.3) is 5.56 Å². The van der Waals surface area contributed by atoms with E-state index in [4.69, 9.17) is 4.74 Å². The molecule has 0 bridgehead atoms. The first-order valence-corrected chi connectivity index (χ1v) is 13.6. The van der Waals surface area contributed by atoms with Crippen LogP contribution in [0.2, 0.25) is 0 Å². The predicted molar refractivity (Wildman–Crippen MR) is 148 cm³/mol. The quantitative estimate of drug-likeness (QED) is 0.537. The summed E-state index contributed by atoms with van der Waals surface area (Å²) in [7, 11) is 0. The Bertz CT molecular complexity index is 1130. The van der Waals surface area contributed by atoms with Gasteiger partial charge in [-0.15, -0.1) is 0 Å². The van der Waals surface area contributed by atoms with E-state index in [0.29, 0.717) is 33.6 Å². The standard InChI is InChI=1S/C27H38BrN5O3/c1-17-14-22(18(2)19(3)27(17,4)5)31-23-15-29-33(26(35)25(23)28)16-24(34)30-20-6-8-21(9-7-20)32-10-12-36-13-11-32/h6-9,15,17-19,22,31H,10-14,16H2,1-5H3,(H,30,34)/t17-,18+,19+,22+/m0/s1. The van der Waals surface area contributed by atoms with Crippen LogP contribution >= 0.6 is 15.9 Å². The minimum Gasteiger partial charge on any atom is -0.380 e. The minimum atomic E-state index is -0.331. The summed E-state index contributed by atoms with van der Waals surface area (Å²) in [5.41, 5.74) is 2.39. The highest BCUT2D eigenvalue weighted by atomic mass is 79.9. The molecule has 4 atom stereocenters. The normalized spacial score (nSPS) is 25.9. The SMILES string of the molecule is C[C@@H]1[C@@H](C)C(C)(C)[C@@H](C)C[C@H]1Nc1cnn(CC(=O)Nc2ccc(N3CCOCC3)cc2)c(=O)c1Br. The smallest absolute Gasteiger partial charge is 0.283 e. The van der Waals surface area contributed by atoms with E-state index in [-0.39, 0.29) is 29.5 Å². The van der Waals surface area contributed by atoms with E-state index in [9.17, 15) is 9.59 Å². The molecule has 0 spiro atoms. The topological polar surface area (TPSA) is 88.5 Å². The number of carbonyl (C=O) groups is 1. The van der Waals surface area contributed by atoms with Gasteiger partial charge in [0.2, 0.25) is 5.91 Å². The van der Waals surface area contributed by atoms with Gasteiger partial charge in [-0.1, -0.05) is 34.6 Å². The van der Waals surface area contributed by atoms with Crippen LogP contribution in [0, 0.1) is 23.2 Å². The van der Waals surface area contributed by atoms with Gasteiger partial charge in [0.15, 0.2) is 0 Å². The van der Waals surface area contributed by atoms with E-state index in [1.54, 1.807) is 6.20 Å². The van der Waals surface area contributed by atoms with Crippen molar-refractivity contribution in [1.82, 2.24) is 9.78 Å². The lowest BCUT2D eigenvalue weighted by Gasteiger charge is -2.50. The lowest BCUT2D eigenvalue weighted by molar-refractivity contribution is -0.117. The summed E-state index contributed by atoms with van der Waals surface area (Å²) in [6.07, 6.45) is 2.67. The van der Waals surface area contributed by atoms with Crippen molar-refractivity contribution in [2.24, 2.45) is 23.2 Å². The second-order valence-corrected chi connectivity index (χ2v) is 11.7. The van der Waals surface area contributed by atoms with Gasteiger partial charge in [-0.05, 0) is 69.8 Å². The number of ether oxygens (including phenoxy) is 1. The summed E-state index contributed by atoms with van der Waals surface area (Å²) < 4.78 is 6.98. The number of hydrogen-bond donors (Lipinski definition) is 2. The second kappa shape index (κ2) is 10.9. The Balaban J connectivity index is 1.38. The lowest BCUT2D eigenvalue weighted by atomic mass is 9.58. The zero-order valence-electron chi connectivity index (χ0n) is 21.9. The summed E-state index contributed by atoms with van der Waals surface area (Å²) in [5, 5.41) is 10.7. The highest BCUT2D eigenvalue weighted by Crippen LogP contribution is 2.48. The Morgan fingerprint density at radius 1 is 1.17 bits per heavy atom. The van der Waals surface area contributed by atoms with Gasteiger partial charge >= 0.3 is 0 Å². The van der Waals surface area contributed by atoms with Crippen molar-refractivity contribution >= 4 is 38.9 Å². The zero-order valence-corrected chi connectivity index (χ0v) is 23.5. The van der Waals surface area contributed by atoms with Crippen LogP contribution in [0.15, 0.2) is 39.7 Å². The van der Waals surface area contributed by atoms with Crippen LogP contribution in [-0.4, -0.2) is 48.0 Å². The number of nitrogens with zero attached hydrogens (tertiary/aromatic N) is 3. The van der Waals surface area contributed by atoms with Gasteiger partial charge in [0, 0.05) is 30.5 Å². The number of nitrogens with one attached hydrogen (secondary N) is 2. The van der Waals surface area contributed by atoms with Crippen LogP contribution in [0.25, 0.3) is 0 Å². The fraction of sp³-hybridized carbons (Fsp3) is 0.593. The molecular formula is C27H38BrN5O3. The van der Waals surface area contributed by atoms with Crippen molar-refractivity contribution in [3.63, 3.8) is 0 Å². The van der Waals surface area contributed by atoms with Crippen molar-refractivity contribution in [2.75, 3.05) is 41.8 Å². The first kappa shape index (κ1) is 26.7. The average molecular weight is 561 g/mol. The molecule has 1 saturated carbocycles. The minimum absolute atomic E-state index is 0.162. The van der Waals surface area contributed by atoms with Crippen molar-refractivity contribution in [3.05, 3.63) is 45.3 Å². The molecular weight excluding hydrogens is 522 g/mol. The molecule has 196 valence electrons.